The standard InChI is InChI=1S/C15H22N4O6/c20-5-3-1-2-4-18-7-17-13-10(14(18)24)16-8-19(13)15-12(23)11(22)9(6-21)25-15/h7-9,11-12,15,20-23H,1-6H2/t9-,11-,12-,15-/m1/s1. The molecule has 0 aliphatic carbocycles. The van der Waals surface area contributed by atoms with E-state index >= 15 is 0 Å². The number of unbranched alkanes of at least 4 members (excludes halogenated alkanes) is 2. The van der Waals surface area contributed by atoms with Crippen LogP contribution in [-0.4, -0.2) is 71.1 Å². The Morgan fingerprint density at radius 2 is 1.88 bits per heavy atom. The molecule has 0 bridgehead atoms. The van der Waals surface area contributed by atoms with E-state index in [-0.39, 0.29) is 23.3 Å². The molecule has 4 atom stereocenters. The van der Waals surface area contributed by atoms with Crippen LogP contribution >= 0.6 is 0 Å². The Morgan fingerprint density at radius 1 is 1.08 bits per heavy atom. The van der Waals surface area contributed by atoms with Gasteiger partial charge in [0.2, 0.25) is 0 Å². The van der Waals surface area contributed by atoms with Gasteiger partial charge in [0, 0.05) is 13.2 Å². The maximum absolute atomic E-state index is 12.5. The van der Waals surface area contributed by atoms with Gasteiger partial charge in [0.25, 0.3) is 5.56 Å². The van der Waals surface area contributed by atoms with Crippen molar-refractivity contribution in [2.45, 2.75) is 50.3 Å². The number of aryl methyl sites for hydroxylation is 1. The average Bonchev–Trinajstić information content (AvgIpc) is 3.16. The molecule has 2 aromatic rings. The second kappa shape index (κ2) is 7.58. The fourth-order valence-corrected chi connectivity index (χ4v) is 2.97. The van der Waals surface area contributed by atoms with Crippen LogP contribution in [0.3, 0.4) is 0 Å². The van der Waals surface area contributed by atoms with Crippen molar-refractivity contribution < 1.29 is 25.2 Å². The molecule has 2 aromatic heterocycles. The lowest BCUT2D eigenvalue weighted by Crippen LogP contribution is -2.33. The molecule has 1 saturated heterocycles. The van der Waals surface area contributed by atoms with E-state index in [1.54, 1.807) is 0 Å². The molecule has 1 aliphatic rings. The molecular formula is C15H22N4O6. The Kier molecular flexibility index (Phi) is 5.45. The summed E-state index contributed by atoms with van der Waals surface area (Å²) in [6.45, 7) is 0.166. The molecule has 3 heterocycles. The molecule has 10 heteroatoms. The summed E-state index contributed by atoms with van der Waals surface area (Å²) in [5.41, 5.74) is 0.0772. The van der Waals surface area contributed by atoms with Crippen LogP contribution in [0.4, 0.5) is 0 Å². The lowest BCUT2D eigenvalue weighted by atomic mass is 10.1. The van der Waals surface area contributed by atoms with Crippen LogP contribution < -0.4 is 5.56 Å². The second-order valence-electron chi connectivity index (χ2n) is 6.08. The fourth-order valence-electron chi connectivity index (χ4n) is 2.97. The molecule has 0 unspecified atom stereocenters. The van der Waals surface area contributed by atoms with Crippen molar-refractivity contribution in [2.24, 2.45) is 0 Å². The molecule has 10 nitrogen and oxygen atoms in total. The zero-order chi connectivity index (χ0) is 18.0. The number of aliphatic hydroxyl groups is 4. The minimum Gasteiger partial charge on any atom is -0.396 e. The predicted molar refractivity (Wildman–Crippen MR) is 85.7 cm³/mol. The van der Waals surface area contributed by atoms with Crippen LogP contribution in [0.15, 0.2) is 17.4 Å². The zero-order valence-corrected chi connectivity index (χ0v) is 13.6. The highest BCUT2D eigenvalue weighted by Gasteiger charge is 2.44. The molecule has 0 radical (unpaired) electrons. The molecule has 3 rings (SSSR count). The number of fused-ring (bicyclic) bond motifs is 1. The number of aliphatic hydroxyl groups excluding tert-OH is 4. The molecule has 0 aromatic carbocycles. The van der Waals surface area contributed by atoms with Gasteiger partial charge in [0.15, 0.2) is 17.4 Å². The van der Waals surface area contributed by atoms with Crippen LogP contribution in [-0.2, 0) is 11.3 Å². The molecule has 25 heavy (non-hydrogen) atoms. The zero-order valence-electron chi connectivity index (χ0n) is 13.6. The van der Waals surface area contributed by atoms with Gasteiger partial charge in [-0.1, -0.05) is 0 Å². The van der Waals surface area contributed by atoms with Gasteiger partial charge in [-0.05, 0) is 19.3 Å². The van der Waals surface area contributed by atoms with Gasteiger partial charge in [-0.15, -0.1) is 0 Å². The predicted octanol–water partition coefficient (Wildman–Crippen LogP) is -1.63. The van der Waals surface area contributed by atoms with Crippen molar-refractivity contribution in [3.05, 3.63) is 23.0 Å². The number of hydrogen-bond acceptors (Lipinski definition) is 8. The number of imidazole rings is 1. The van der Waals surface area contributed by atoms with E-state index in [4.69, 9.17) is 9.84 Å². The largest absolute Gasteiger partial charge is 0.396 e. The van der Waals surface area contributed by atoms with Crippen molar-refractivity contribution in [1.29, 1.82) is 0 Å². The summed E-state index contributed by atoms with van der Waals surface area (Å²) in [4.78, 5) is 20.8. The molecule has 0 spiro atoms. The monoisotopic (exact) mass is 354 g/mol. The Morgan fingerprint density at radius 3 is 2.56 bits per heavy atom. The maximum atomic E-state index is 12.5. The highest BCUT2D eigenvalue weighted by atomic mass is 16.6. The molecule has 0 saturated carbocycles. The third-order valence-corrected chi connectivity index (χ3v) is 4.40. The smallest absolute Gasteiger partial charge is 0.281 e. The Bertz CT molecular complexity index is 775. The molecular weight excluding hydrogens is 332 g/mol. The number of ether oxygens (including phenoxy) is 1. The molecule has 1 aliphatic heterocycles. The topological polar surface area (TPSA) is 143 Å². The summed E-state index contributed by atoms with van der Waals surface area (Å²) < 4.78 is 8.29. The van der Waals surface area contributed by atoms with Gasteiger partial charge in [-0.2, -0.15) is 0 Å². The van der Waals surface area contributed by atoms with E-state index < -0.39 is 31.1 Å². The highest BCUT2D eigenvalue weighted by molar-refractivity contribution is 5.69. The first-order valence-corrected chi connectivity index (χ1v) is 8.23. The van der Waals surface area contributed by atoms with Crippen LogP contribution in [0, 0.1) is 0 Å². The van der Waals surface area contributed by atoms with Crippen molar-refractivity contribution in [2.75, 3.05) is 13.2 Å². The van der Waals surface area contributed by atoms with E-state index in [2.05, 4.69) is 9.97 Å². The molecule has 138 valence electrons. The first kappa shape index (κ1) is 18.0. The van der Waals surface area contributed by atoms with E-state index in [0.29, 0.717) is 13.0 Å². The van der Waals surface area contributed by atoms with Crippen LogP contribution in [0.2, 0.25) is 0 Å². The van der Waals surface area contributed by atoms with E-state index in [1.165, 1.54) is 21.8 Å². The van der Waals surface area contributed by atoms with Crippen molar-refractivity contribution >= 4 is 11.2 Å². The summed E-state index contributed by atoms with van der Waals surface area (Å²) in [7, 11) is 0. The van der Waals surface area contributed by atoms with Gasteiger partial charge in [0.1, 0.15) is 24.6 Å². The SMILES string of the molecule is O=c1c2ncn([C@@H]3O[C@H](CO)[C@@H](O)[C@H]3O)c2ncn1CCCCCO. The van der Waals surface area contributed by atoms with E-state index in [0.717, 1.165) is 12.8 Å². The van der Waals surface area contributed by atoms with Crippen LogP contribution in [0.1, 0.15) is 25.5 Å². The quantitative estimate of drug-likeness (QED) is 0.434. The van der Waals surface area contributed by atoms with Crippen molar-refractivity contribution in [3.63, 3.8) is 0 Å². The molecule has 4 N–H and O–H groups in total. The Balaban J connectivity index is 1.85. The van der Waals surface area contributed by atoms with Gasteiger partial charge in [0.05, 0.1) is 12.9 Å². The number of rotatable bonds is 7. The summed E-state index contributed by atoms with van der Waals surface area (Å²) in [6, 6.07) is 0. The van der Waals surface area contributed by atoms with Gasteiger partial charge < -0.3 is 25.2 Å². The van der Waals surface area contributed by atoms with Crippen molar-refractivity contribution in [3.8, 4) is 0 Å². The minimum absolute atomic E-state index is 0.126. The summed E-state index contributed by atoms with van der Waals surface area (Å²) in [6.07, 6.45) is 0.565. The van der Waals surface area contributed by atoms with Crippen LogP contribution in [0.25, 0.3) is 11.2 Å². The summed E-state index contributed by atoms with van der Waals surface area (Å²) in [5.74, 6) is 0. The second-order valence-corrected chi connectivity index (χ2v) is 6.08. The molecule has 1 fully saturated rings. The lowest BCUT2D eigenvalue weighted by molar-refractivity contribution is -0.0511. The average molecular weight is 354 g/mol. The highest BCUT2D eigenvalue weighted by Crippen LogP contribution is 2.30. The third kappa shape index (κ3) is 3.31. The first-order valence-electron chi connectivity index (χ1n) is 8.23. The van der Waals surface area contributed by atoms with Gasteiger partial charge in [-0.25, -0.2) is 9.97 Å². The van der Waals surface area contributed by atoms with E-state index in [9.17, 15) is 20.1 Å². The Labute approximate surface area is 142 Å². The van der Waals surface area contributed by atoms with Crippen molar-refractivity contribution in [1.82, 2.24) is 19.1 Å². The van der Waals surface area contributed by atoms with Crippen LogP contribution in [0.5, 0.6) is 0 Å². The Hall–Kier alpha value is -1.85. The third-order valence-electron chi connectivity index (χ3n) is 4.40. The minimum atomic E-state index is -1.27. The lowest BCUT2D eigenvalue weighted by Gasteiger charge is -2.16. The summed E-state index contributed by atoms with van der Waals surface area (Å²) >= 11 is 0. The molecule has 0 amide bonds. The fraction of sp³-hybridized carbons (Fsp3) is 0.667. The van der Waals surface area contributed by atoms with Gasteiger partial charge in [-0.3, -0.25) is 13.9 Å². The van der Waals surface area contributed by atoms with Gasteiger partial charge >= 0.3 is 0 Å². The number of nitrogens with zero attached hydrogens (tertiary/aromatic N) is 4. The first-order chi connectivity index (χ1) is 12.1. The number of hydrogen-bond donors (Lipinski definition) is 4. The summed E-state index contributed by atoms with van der Waals surface area (Å²) in [5, 5.41) is 37.9. The normalized spacial score (nSPS) is 26.6. The number of aromatic nitrogens is 4. The van der Waals surface area contributed by atoms with E-state index in [1.807, 2.05) is 0 Å². The maximum Gasteiger partial charge on any atom is 0.281 e.